The molecule has 0 bridgehead atoms. The van der Waals surface area contributed by atoms with Crippen LogP contribution in [0.4, 0.5) is 5.82 Å². The Bertz CT molecular complexity index is 825. The molecule has 1 aromatic carbocycles. The maximum absolute atomic E-state index is 12.3. The Labute approximate surface area is 140 Å². The Kier molecular flexibility index (Phi) is 4.45. The van der Waals surface area contributed by atoms with E-state index in [1.165, 1.54) is 5.56 Å². The van der Waals surface area contributed by atoms with E-state index < -0.39 is 0 Å². The molecule has 6 heteroatoms. The quantitative estimate of drug-likeness (QED) is 0.669. The summed E-state index contributed by atoms with van der Waals surface area (Å²) in [6.07, 6.45) is 1.77. The van der Waals surface area contributed by atoms with E-state index in [-0.39, 0.29) is 11.6 Å². The van der Waals surface area contributed by atoms with Gasteiger partial charge in [0.25, 0.3) is 5.56 Å². The molecule has 0 unspecified atom stereocenters. The Hall–Kier alpha value is -2.18. The van der Waals surface area contributed by atoms with E-state index in [4.69, 9.17) is 12.2 Å². The van der Waals surface area contributed by atoms with Crippen LogP contribution in [0.3, 0.4) is 0 Å². The van der Waals surface area contributed by atoms with Crippen molar-refractivity contribution in [2.45, 2.75) is 26.1 Å². The summed E-state index contributed by atoms with van der Waals surface area (Å²) in [6.45, 7) is 7.72. The van der Waals surface area contributed by atoms with Gasteiger partial charge in [-0.25, -0.2) is 0 Å². The van der Waals surface area contributed by atoms with Gasteiger partial charge in [-0.05, 0) is 24.7 Å². The van der Waals surface area contributed by atoms with Crippen molar-refractivity contribution in [3.05, 3.63) is 69.2 Å². The molecule has 2 aromatic rings. The number of aromatic amines is 1. The smallest absolute Gasteiger partial charge is 0.258 e. The minimum absolute atomic E-state index is 0.122. The summed E-state index contributed by atoms with van der Waals surface area (Å²) in [5, 5.41) is 3.35. The number of benzene rings is 1. The molecule has 1 aliphatic rings. The summed E-state index contributed by atoms with van der Waals surface area (Å²) in [7, 11) is 0. The highest BCUT2D eigenvalue weighted by atomic mass is 32.1. The van der Waals surface area contributed by atoms with Crippen LogP contribution in [-0.4, -0.2) is 21.1 Å². The predicted octanol–water partition coefficient (Wildman–Crippen LogP) is 3.04. The van der Waals surface area contributed by atoms with Crippen molar-refractivity contribution in [1.29, 1.82) is 0 Å². The van der Waals surface area contributed by atoms with Crippen LogP contribution in [0.15, 0.2) is 47.8 Å². The van der Waals surface area contributed by atoms with Gasteiger partial charge in [0.15, 0.2) is 4.77 Å². The summed E-state index contributed by atoms with van der Waals surface area (Å²) in [5.74, 6) is 0.801. The number of hydrogen-bond donors (Lipinski definition) is 2. The molecule has 0 aliphatic carbocycles. The van der Waals surface area contributed by atoms with Crippen LogP contribution in [0, 0.1) is 4.77 Å². The van der Waals surface area contributed by atoms with Crippen LogP contribution in [0.2, 0.25) is 0 Å². The van der Waals surface area contributed by atoms with Gasteiger partial charge in [-0.1, -0.05) is 36.4 Å². The molecule has 0 spiro atoms. The molecule has 1 aromatic heterocycles. The molecule has 2 heterocycles. The lowest BCUT2D eigenvalue weighted by Crippen LogP contribution is -2.40. The first-order valence-electron chi connectivity index (χ1n) is 7.61. The number of anilines is 1. The second kappa shape index (κ2) is 6.52. The van der Waals surface area contributed by atoms with Crippen molar-refractivity contribution < 1.29 is 0 Å². The van der Waals surface area contributed by atoms with Gasteiger partial charge in [-0.3, -0.25) is 14.7 Å². The second-order valence-electron chi connectivity index (χ2n) is 5.65. The summed E-state index contributed by atoms with van der Waals surface area (Å²) < 4.78 is 2.30. The van der Waals surface area contributed by atoms with Gasteiger partial charge in [-0.2, -0.15) is 0 Å². The number of aromatic nitrogens is 2. The van der Waals surface area contributed by atoms with Crippen molar-refractivity contribution in [3.63, 3.8) is 0 Å². The summed E-state index contributed by atoms with van der Waals surface area (Å²) in [4.78, 5) is 17.3. The molecule has 0 saturated carbocycles. The van der Waals surface area contributed by atoms with Crippen LogP contribution < -0.4 is 10.9 Å². The number of fused-ring (bicyclic) bond motifs is 1. The van der Waals surface area contributed by atoms with E-state index >= 15 is 0 Å². The number of allylic oxidation sites excluding steroid dienone is 1. The molecular weight excluding hydrogens is 308 g/mol. The van der Waals surface area contributed by atoms with E-state index in [1.807, 2.05) is 22.8 Å². The largest absolute Gasteiger partial charge is 0.358 e. The molecule has 0 amide bonds. The molecule has 5 nitrogen and oxygen atoms in total. The van der Waals surface area contributed by atoms with Crippen molar-refractivity contribution in [3.8, 4) is 0 Å². The van der Waals surface area contributed by atoms with Crippen molar-refractivity contribution in [2.75, 3.05) is 12.0 Å². The van der Waals surface area contributed by atoms with E-state index in [9.17, 15) is 4.79 Å². The SMILES string of the molecule is C=CCn1c2c(c(=O)[nH]c1=S)CN([C@@H](C)c1ccccc1)CN2. The first-order valence-corrected chi connectivity index (χ1v) is 8.02. The zero-order valence-corrected chi connectivity index (χ0v) is 13.9. The van der Waals surface area contributed by atoms with E-state index in [0.29, 0.717) is 24.5 Å². The normalized spacial score (nSPS) is 15.5. The molecule has 0 saturated heterocycles. The molecule has 1 atom stereocenters. The van der Waals surface area contributed by atoms with Gasteiger partial charge in [0.2, 0.25) is 0 Å². The maximum Gasteiger partial charge on any atom is 0.258 e. The van der Waals surface area contributed by atoms with Crippen LogP contribution >= 0.6 is 12.2 Å². The fourth-order valence-corrected chi connectivity index (χ4v) is 3.17. The third kappa shape index (κ3) is 3.00. The van der Waals surface area contributed by atoms with Gasteiger partial charge in [-0.15, -0.1) is 6.58 Å². The standard InChI is InChI=1S/C17H20N4OS/c1-3-9-21-15-14(16(22)19-17(21)23)10-20(11-18-15)12(2)13-7-5-4-6-8-13/h3-8,12,18H,1,9-11H2,2H3,(H,19,22,23)/t12-/m0/s1. The number of H-pyrrole nitrogens is 1. The van der Waals surface area contributed by atoms with Gasteiger partial charge < -0.3 is 9.88 Å². The predicted molar refractivity (Wildman–Crippen MR) is 95.0 cm³/mol. The van der Waals surface area contributed by atoms with Crippen LogP contribution in [0.5, 0.6) is 0 Å². The average molecular weight is 328 g/mol. The molecule has 120 valence electrons. The Morgan fingerprint density at radius 3 is 2.83 bits per heavy atom. The number of rotatable bonds is 4. The van der Waals surface area contributed by atoms with Crippen LogP contribution in [0.1, 0.15) is 24.1 Å². The van der Waals surface area contributed by atoms with Gasteiger partial charge in [0.1, 0.15) is 5.82 Å². The lowest BCUT2D eigenvalue weighted by atomic mass is 10.1. The summed E-state index contributed by atoms with van der Waals surface area (Å²) in [5.41, 5.74) is 1.82. The van der Waals surface area contributed by atoms with Gasteiger partial charge in [0, 0.05) is 19.1 Å². The first kappa shape index (κ1) is 15.7. The number of hydrogen-bond acceptors (Lipinski definition) is 4. The Morgan fingerprint density at radius 2 is 2.13 bits per heavy atom. The Morgan fingerprint density at radius 1 is 1.39 bits per heavy atom. The third-order valence-corrected chi connectivity index (χ3v) is 4.57. The van der Waals surface area contributed by atoms with E-state index in [0.717, 1.165) is 11.4 Å². The summed E-state index contributed by atoms with van der Waals surface area (Å²) >= 11 is 5.25. The highest BCUT2D eigenvalue weighted by Crippen LogP contribution is 2.27. The zero-order chi connectivity index (χ0) is 16.4. The van der Waals surface area contributed by atoms with Crippen molar-refractivity contribution in [1.82, 2.24) is 14.5 Å². The minimum atomic E-state index is -0.122. The zero-order valence-electron chi connectivity index (χ0n) is 13.1. The number of nitrogens with zero attached hydrogens (tertiary/aromatic N) is 2. The van der Waals surface area contributed by atoms with Crippen LogP contribution in [0.25, 0.3) is 0 Å². The lowest BCUT2D eigenvalue weighted by Gasteiger charge is -2.35. The lowest BCUT2D eigenvalue weighted by molar-refractivity contribution is 0.207. The minimum Gasteiger partial charge on any atom is -0.358 e. The van der Waals surface area contributed by atoms with E-state index in [1.54, 1.807) is 6.08 Å². The molecule has 0 fully saturated rings. The van der Waals surface area contributed by atoms with Crippen molar-refractivity contribution >= 4 is 18.0 Å². The van der Waals surface area contributed by atoms with Gasteiger partial charge in [0.05, 0.1) is 12.2 Å². The first-order chi connectivity index (χ1) is 11.1. The van der Waals surface area contributed by atoms with E-state index in [2.05, 4.69) is 40.8 Å². The van der Waals surface area contributed by atoms with Gasteiger partial charge >= 0.3 is 0 Å². The molecular formula is C17H20N4OS. The fourth-order valence-electron chi connectivity index (χ4n) is 2.92. The molecule has 2 N–H and O–H groups in total. The summed E-state index contributed by atoms with van der Waals surface area (Å²) in [6, 6.07) is 10.5. The molecule has 3 rings (SSSR count). The fraction of sp³-hybridized carbons (Fsp3) is 0.294. The average Bonchev–Trinajstić information content (AvgIpc) is 2.58. The second-order valence-corrected chi connectivity index (χ2v) is 6.04. The Balaban J connectivity index is 1.95. The van der Waals surface area contributed by atoms with Crippen molar-refractivity contribution in [2.24, 2.45) is 0 Å². The maximum atomic E-state index is 12.3. The topological polar surface area (TPSA) is 53.1 Å². The van der Waals surface area contributed by atoms with Crippen LogP contribution in [-0.2, 0) is 13.1 Å². The highest BCUT2D eigenvalue weighted by molar-refractivity contribution is 7.71. The third-order valence-electron chi connectivity index (χ3n) is 4.25. The monoisotopic (exact) mass is 328 g/mol. The number of nitrogens with one attached hydrogen (secondary N) is 2. The highest BCUT2D eigenvalue weighted by Gasteiger charge is 2.25. The molecule has 23 heavy (non-hydrogen) atoms. The molecule has 1 aliphatic heterocycles. The molecule has 0 radical (unpaired) electrons.